The SMILES string of the molecule is C[C@H](O[C@@H]1O[C@@H](CO)C(O)C(O)C1O)C(CO)OC(OCCOCCOCCOCCOCCOCCOCCCCCCCCCCCS)[C@@H](O)CO. The highest BCUT2D eigenvalue weighted by Crippen LogP contribution is 2.24. The van der Waals surface area contributed by atoms with E-state index in [4.69, 9.17) is 47.4 Å². The van der Waals surface area contributed by atoms with Gasteiger partial charge in [-0.05, 0) is 25.5 Å². The van der Waals surface area contributed by atoms with Crippen LogP contribution >= 0.6 is 12.6 Å². The van der Waals surface area contributed by atoms with Crippen LogP contribution in [-0.4, -0.2) is 203 Å². The van der Waals surface area contributed by atoms with Crippen LogP contribution in [0.3, 0.4) is 0 Å². The highest BCUT2D eigenvalue weighted by atomic mass is 32.1. The number of unbranched alkanes of at least 4 members (excludes halogenated alkanes) is 8. The molecule has 1 aliphatic heterocycles. The standard InChI is InChI=1S/C36H72O17S/c1-28(51-36-34(43)33(42)32(41)31(27-39)53-36)30(26-38)52-35(29(40)25-37)50-23-22-49-21-20-48-19-18-47-17-16-46-15-14-45-13-12-44-11-9-7-5-3-2-4-6-8-10-24-54/h28-43,54H,2-27H2,1H3/t28-,29-,30?,31-,32?,33?,34?,35?,36+/m0/s1. The number of hydrogen-bond donors (Lipinski definition) is 8. The van der Waals surface area contributed by atoms with Crippen LogP contribution in [0.25, 0.3) is 0 Å². The molecule has 324 valence electrons. The second-order valence-electron chi connectivity index (χ2n) is 13.0. The largest absolute Gasteiger partial charge is 0.394 e. The van der Waals surface area contributed by atoms with Crippen LogP contribution in [0.15, 0.2) is 0 Å². The lowest BCUT2D eigenvalue weighted by atomic mass is 9.99. The maximum Gasteiger partial charge on any atom is 0.187 e. The van der Waals surface area contributed by atoms with E-state index >= 15 is 0 Å². The Labute approximate surface area is 326 Å². The van der Waals surface area contributed by atoms with Crippen molar-refractivity contribution in [2.75, 3.05) is 111 Å². The monoisotopic (exact) mass is 808 g/mol. The zero-order valence-electron chi connectivity index (χ0n) is 32.2. The molecule has 1 fully saturated rings. The van der Waals surface area contributed by atoms with Gasteiger partial charge in [-0.3, -0.25) is 0 Å². The van der Waals surface area contributed by atoms with E-state index in [-0.39, 0.29) is 19.8 Å². The molecular formula is C36H72O17S. The summed E-state index contributed by atoms with van der Waals surface area (Å²) in [6, 6.07) is 0. The Hall–Kier alpha value is -0.330. The molecule has 1 rings (SSSR count). The molecule has 7 N–H and O–H groups in total. The van der Waals surface area contributed by atoms with E-state index in [0.29, 0.717) is 59.5 Å². The van der Waals surface area contributed by atoms with Crippen molar-refractivity contribution in [2.24, 2.45) is 0 Å². The summed E-state index contributed by atoms with van der Waals surface area (Å²) in [4.78, 5) is 0. The molecule has 0 radical (unpaired) electrons. The summed E-state index contributed by atoms with van der Waals surface area (Å²) in [6.07, 6.45) is -0.975. The predicted octanol–water partition coefficient (Wildman–Crippen LogP) is -0.195. The Bertz CT molecular complexity index is 806. The Kier molecular flexibility index (Phi) is 34.3. The fourth-order valence-electron chi connectivity index (χ4n) is 5.26. The van der Waals surface area contributed by atoms with Crippen LogP contribution in [0.1, 0.15) is 64.7 Å². The number of hydrogen-bond acceptors (Lipinski definition) is 18. The van der Waals surface area contributed by atoms with E-state index in [1.54, 1.807) is 0 Å². The van der Waals surface area contributed by atoms with Gasteiger partial charge in [0, 0.05) is 6.61 Å². The maximum absolute atomic E-state index is 10.2. The highest BCUT2D eigenvalue weighted by Gasteiger charge is 2.45. The third-order valence-electron chi connectivity index (χ3n) is 8.53. The maximum atomic E-state index is 10.2. The van der Waals surface area contributed by atoms with E-state index in [1.165, 1.54) is 58.3 Å². The first-order valence-electron chi connectivity index (χ1n) is 19.5. The van der Waals surface area contributed by atoms with Crippen molar-refractivity contribution in [1.29, 1.82) is 0 Å². The van der Waals surface area contributed by atoms with Gasteiger partial charge < -0.3 is 83.1 Å². The lowest BCUT2D eigenvalue weighted by molar-refractivity contribution is -0.324. The molecule has 1 heterocycles. The molecular weight excluding hydrogens is 736 g/mol. The summed E-state index contributed by atoms with van der Waals surface area (Å²) >= 11 is 4.24. The van der Waals surface area contributed by atoms with Gasteiger partial charge in [0.25, 0.3) is 0 Å². The van der Waals surface area contributed by atoms with Gasteiger partial charge in [-0.1, -0.05) is 44.9 Å². The first-order valence-corrected chi connectivity index (χ1v) is 20.1. The van der Waals surface area contributed by atoms with Gasteiger partial charge in [-0.25, -0.2) is 0 Å². The molecule has 0 saturated carbocycles. The minimum Gasteiger partial charge on any atom is -0.394 e. The van der Waals surface area contributed by atoms with Gasteiger partial charge in [-0.15, -0.1) is 0 Å². The van der Waals surface area contributed by atoms with Crippen LogP contribution in [0.4, 0.5) is 0 Å². The molecule has 0 aromatic heterocycles. The second kappa shape index (κ2) is 35.8. The minimum absolute atomic E-state index is 0.0260. The summed E-state index contributed by atoms with van der Waals surface area (Å²) in [5.74, 6) is 1.000. The summed E-state index contributed by atoms with van der Waals surface area (Å²) in [7, 11) is 0. The number of rotatable bonds is 39. The quantitative estimate of drug-likeness (QED) is 0.0228. The van der Waals surface area contributed by atoms with Crippen molar-refractivity contribution >= 4 is 12.6 Å². The van der Waals surface area contributed by atoms with Crippen LogP contribution in [0.2, 0.25) is 0 Å². The fourth-order valence-corrected chi connectivity index (χ4v) is 5.48. The topological polar surface area (TPSA) is 234 Å². The molecule has 1 saturated heterocycles. The Morgan fingerprint density at radius 2 is 1.00 bits per heavy atom. The Morgan fingerprint density at radius 3 is 1.44 bits per heavy atom. The molecule has 5 unspecified atom stereocenters. The van der Waals surface area contributed by atoms with Crippen molar-refractivity contribution in [3.05, 3.63) is 0 Å². The highest BCUT2D eigenvalue weighted by molar-refractivity contribution is 7.80. The lowest BCUT2D eigenvalue weighted by Gasteiger charge is -2.41. The average Bonchev–Trinajstić information content (AvgIpc) is 3.18. The number of ether oxygens (including phenoxy) is 10. The van der Waals surface area contributed by atoms with E-state index in [2.05, 4.69) is 12.6 Å². The van der Waals surface area contributed by atoms with Gasteiger partial charge in [0.1, 0.15) is 36.6 Å². The minimum atomic E-state index is -1.65. The molecule has 17 nitrogen and oxygen atoms in total. The predicted molar refractivity (Wildman–Crippen MR) is 199 cm³/mol. The third-order valence-corrected chi connectivity index (χ3v) is 8.84. The zero-order valence-corrected chi connectivity index (χ0v) is 33.1. The van der Waals surface area contributed by atoms with E-state index in [0.717, 1.165) is 18.8 Å². The molecule has 0 spiro atoms. The van der Waals surface area contributed by atoms with Crippen LogP contribution in [0.5, 0.6) is 0 Å². The van der Waals surface area contributed by atoms with Crippen molar-refractivity contribution in [2.45, 2.75) is 120 Å². The van der Waals surface area contributed by atoms with Crippen molar-refractivity contribution in [1.82, 2.24) is 0 Å². The van der Waals surface area contributed by atoms with Crippen LogP contribution < -0.4 is 0 Å². The number of aliphatic hydroxyl groups excluding tert-OH is 7. The number of thiol groups is 1. The molecule has 0 aromatic carbocycles. The lowest BCUT2D eigenvalue weighted by Crippen LogP contribution is -2.60. The van der Waals surface area contributed by atoms with E-state index in [9.17, 15) is 35.7 Å². The van der Waals surface area contributed by atoms with Crippen molar-refractivity contribution < 1.29 is 83.1 Å². The summed E-state index contributed by atoms with van der Waals surface area (Å²) in [5, 5.41) is 69.0. The Balaban J connectivity index is 1.98. The average molecular weight is 809 g/mol. The van der Waals surface area contributed by atoms with Gasteiger partial charge in [0.2, 0.25) is 0 Å². The van der Waals surface area contributed by atoms with Crippen molar-refractivity contribution in [3.63, 3.8) is 0 Å². The molecule has 0 aromatic rings. The smallest absolute Gasteiger partial charge is 0.187 e. The van der Waals surface area contributed by atoms with Gasteiger partial charge in [0.05, 0.1) is 105 Å². The first-order chi connectivity index (χ1) is 26.3. The van der Waals surface area contributed by atoms with E-state index in [1.807, 2.05) is 0 Å². The third kappa shape index (κ3) is 25.1. The Morgan fingerprint density at radius 1 is 0.556 bits per heavy atom. The summed E-state index contributed by atoms with van der Waals surface area (Å²) in [5.41, 5.74) is 0. The summed E-state index contributed by atoms with van der Waals surface area (Å²) < 4.78 is 55.1. The first kappa shape index (κ1) is 51.7. The molecule has 0 aliphatic carbocycles. The van der Waals surface area contributed by atoms with Gasteiger partial charge >= 0.3 is 0 Å². The molecule has 9 atom stereocenters. The van der Waals surface area contributed by atoms with E-state index < -0.39 is 75.1 Å². The zero-order chi connectivity index (χ0) is 39.7. The molecule has 1 aliphatic rings. The fraction of sp³-hybridized carbons (Fsp3) is 1.00. The molecule has 0 amide bonds. The van der Waals surface area contributed by atoms with Crippen LogP contribution in [0, 0.1) is 0 Å². The van der Waals surface area contributed by atoms with Crippen LogP contribution in [-0.2, 0) is 47.4 Å². The normalized spacial score (nSPS) is 22.7. The number of aliphatic hydroxyl groups is 7. The van der Waals surface area contributed by atoms with Crippen molar-refractivity contribution in [3.8, 4) is 0 Å². The van der Waals surface area contributed by atoms with Gasteiger partial charge in [0.15, 0.2) is 12.6 Å². The second-order valence-corrected chi connectivity index (χ2v) is 13.4. The molecule has 18 heteroatoms. The van der Waals surface area contributed by atoms with Gasteiger partial charge in [-0.2, -0.15) is 12.6 Å². The molecule has 0 bridgehead atoms. The molecule has 54 heavy (non-hydrogen) atoms. The summed E-state index contributed by atoms with van der Waals surface area (Å²) in [6.45, 7) is 4.82.